The number of rotatable bonds is 4. The Morgan fingerprint density at radius 1 is 1.30 bits per heavy atom. The molecule has 2 rings (SSSR count). The van der Waals surface area contributed by atoms with Crippen LogP contribution in [0.4, 0.5) is 8.78 Å². The normalized spacial score (nSPS) is 11.4. The third-order valence-corrected chi connectivity index (χ3v) is 4.03. The average molecular weight is 338 g/mol. The molecule has 0 saturated heterocycles. The van der Waals surface area contributed by atoms with E-state index >= 15 is 0 Å². The van der Waals surface area contributed by atoms with E-state index in [4.69, 9.17) is 0 Å². The van der Waals surface area contributed by atoms with Crippen molar-refractivity contribution in [2.24, 2.45) is 0 Å². The van der Waals surface area contributed by atoms with E-state index in [-0.39, 0.29) is 23.5 Å². The molecular weight excluding hydrogens is 327 g/mol. The first-order chi connectivity index (χ1) is 8.95. The maximum atomic E-state index is 12.5. The van der Waals surface area contributed by atoms with Crippen molar-refractivity contribution in [3.8, 4) is 11.1 Å². The van der Waals surface area contributed by atoms with Gasteiger partial charge in [0, 0.05) is 35.9 Å². The van der Waals surface area contributed by atoms with Crippen LogP contribution >= 0.6 is 0 Å². The van der Waals surface area contributed by atoms with Gasteiger partial charge in [-0.05, 0) is 13.1 Å². The van der Waals surface area contributed by atoms with Gasteiger partial charge in [0.25, 0.3) is 0 Å². The van der Waals surface area contributed by atoms with Gasteiger partial charge >= 0.3 is 6.55 Å². The van der Waals surface area contributed by atoms with Crippen molar-refractivity contribution < 1.29 is 35.8 Å². The molecule has 1 aromatic carbocycles. The average Bonchev–Trinajstić information content (AvgIpc) is 2.88. The molecule has 0 bridgehead atoms. The summed E-state index contributed by atoms with van der Waals surface area (Å²) in [5.41, 5.74) is 0.637. The van der Waals surface area contributed by atoms with Gasteiger partial charge in [0.2, 0.25) is 10.0 Å². The number of hydrogen-bond donors (Lipinski definition) is 1. The van der Waals surface area contributed by atoms with Crippen molar-refractivity contribution in [3.63, 3.8) is 0 Å². The largest absolute Gasteiger partial charge is 0.333 e. The van der Waals surface area contributed by atoms with Gasteiger partial charge in [-0.1, -0.05) is 18.2 Å². The maximum absolute atomic E-state index is 12.5. The summed E-state index contributed by atoms with van der Waals surface area (Å²) >= 11 is 0. The molecule has 0 fully saturated rings. The van der Waals surface area contributed by atoms with Gasteiger partial charge in [0.05, 0.1) is 11.1 Å². The summed E-state index contributed by atoms with van der Waals surface area (Å²) in [6.45, 7) is -2.76. The summed E-state index contributed by atoms with van der Waals surface area (Å²) in [6.07, 6.45) is 2.31. The van der Waals surface area contributed by atoms with Crippen LogP contribution in [-0.4, -0.2) is 25.2 Å². The molecule has 0 saturated carbocycles. The number of alkyl halides is 2. The molecule has 0 aliphatic heterocycles. The Morgan fingerprint density at radius 3 is 2.50 bits per heavy atom. The molecule has 0 spiro atoms. The fourth-order valence-corrected chi connectivity index (χ4v) is 2.59. The molecule has 1 heterocycles. The number of aromatic nitrogens is 2. The Hall–Kier alpha value is -1.22. The van der Waals surface area contributed by atoms with Crippen molar-refractivity contribution in [1.82, 2.24) is 14.5 Å². The van der Waals surface area contributed by atoms with Crippen LogP contribution in [0.25, 0.3) is 11.1 Å². The van der Waals surface area contributed by atoms with Crippen LogP contribution in [0.15, 0.2) is 41.6 Å². The Balaban J connectivity index is 0.00000200. The Bertz CT molecular complexity index is 688. The molecular formula is C11H11F2N3O2SV. The quantitative estimate of drug-likeness (QED) is 0.925. The van der Waals surface area contributed by atoms with E-state index in [9.17, 15) is 17.2 Å². The van der Waals surface area contributed by atoms with Gasteiger partial charge in [-0.15, -0.1) is 0 Å². The van der Waals surface area contributed by atoms with E-state index < -0.39 is 16.6 Å². The molecule has 0 aliphatic rings. The standard InChI is InChI=1S/C11H11F2N3O2S.V/c1-14-19(17,18)10-5-3-2-4-9(10)8-6-15-16(7-8)11(12)13;/h2-7,11,14H,1H3;. The minimum absolute atomic E-state index is 0. The molecule has 2 aromatic rings. The minimum atomic E-state index is -3.66. The van der Waals surface area contributed by atoms with Crippen molar-refractivity contribution >= 4 is 10.0 Å². The SMILES string of the molecule is CNS(=O)(=O)c1ccccc1-c1cnn(C(F)F)c1.[V]. The van der Waals surface area contributed by atoms with Crippen LogP contribution in [0.2, 0.25) is 0 Å². The molecule has 9 heteroatoms. The fraction of sp³-hybridized carbons (Fsp3) is 0.182. The second-order valence-corrected chi connectivity index (χ2v) is 5.55. The number of benzene rings is 1. The van der Waals surface area contributed by atoms with Crippen molar-refractivity contribution in [2.75, 3.05) is 7.05 Å². The molecule has 0 amide bonds. The summed E-state index contributed by atoms with van der Waals surface area (Å²) in [4.78, 5) is 0.0197. The first kappa shape index (κ1) is 16.8. The topological polar surface area (TPSA) is 64.0 Å². The summed E-state index contributed by atoms with van der Waals surface area (Å²) in [5.74, 6) is 0. The van der Waals surface area contributed by atoms with Crippen LogP contribution in [0.1, 0.15) is 6.55 Å². The van der Waals surface area contributed by atoms with E-state index in [1.807, 2.05) is 0 Å². The first-order valence-corrected chi connectivity index (χ1v) is 6.79. The van der Waals surface area contributed by atoms with Crippen LogP contribution in [0, 0.1) is 0 Å². The molecule has 1 radical (unpaired) electrons. The van der Waals surface area contributed by atoms with E-state index in [2.05, 4.69) is 9.82 Å². The predicted molar refractivity (Wildman–Crippen MR) is 65.2 cm³/mol. The number of sulfonamides is 1. The molecule has 5 nitrogen and oxygen atoms in total. The monoisotopic (exact) mass is 338 g/mol. The predicted octanol–water partition coefficient (Wildman–Crippen LogP) is 1.85. The van der Waals surface area contributed by atoms with Gasteiger partial charge in [-0.2, -0.15) is 13.9 Å². The Kier molecular flexibility index (Phi) is 5.46. The molecule has 0 unspecified atom stereocenters. The van der Waals surface area contributed by atoms with Gasteiger partial charge in [-0.25, -0.2) is 17.8 Å². The Labute approximate surface area is 126 Å². The number of nitrogens with zero attached hydrogens (tertiary/aromatic N) is 2. The molecule has 0 aliphatic carbocycles. The van der Waals surface area contributed by atoms with Crippen LogP contribution in [0.3, 0.4) is 0 Å². The summed E-state index contributed by atoms with van der Waals surface area (Å²) in [5, 5.41) is 3.49. The van der Waals surface area contributed by atoms with Crippen molar-refractivity contribution in [3.05, 3.63) is 36.7 Å². The van der Waals surface area contributed by atoms with Crippen molar-refractivity contribution in [2.45, 2.75) is 11.4 Å². The fourth-order valence-electron chi connectivity index (χ4n) is 1.63. The molecule has 1 aromatic heterocycles. The second kappa shape index (κ2) is 6.49. The number of nitrogens with one attached hydrogen (secondary N) is 1. The summed E-state index contributed by atoms with van der Waals surface area (Å²) in [6, 6.07) is 6.13. The maximum Gasteiger partial charge on any atom is 0.333 e. The van der Waals surface area contributed by atoms with Crippen molar-refractivity contribution in [1.29, 1.82) is 0 Å². The Morgan fingerprint density at radius 2 is 1.95 bits per heavy atom. The van der Waals surface area contributed by atoms with E-state index in [1.54, 1.807) is 12.1 Å². The smallest absolute Gasteiger partial charge is 0.214 e. The molecule has 20 heavy (non-hydrogen) atoms. The van der Waals surface area contributed by atoms with E-state index in [1.165, 1.54) is 25.4 Å². The molecule has 107 valence electrons. The second-order valence-electron chi connectivity index (χ2n) is 3.69. The van der Waals surface area contributed by atoms with Crippen LogP contribution < -0.4 is 4.72 Å². The summed E-state index contributed by atoms with van der Waals surface area (Å²) < 4.78 is 51.3. The zero-order valence-corrected chi connectivity index (χ0v) is 12.6. The first-order valence-electron chi connectivity index (χ1n) is 5.31. The zero-order valence-electron chi connectivity index (χ0n) is 10.4. The number of hydrogen-bond acceptors (Lipinski definition) is 3. The number of halogens is 2. The third-order valence-electron chi connectivity index (χ3n) is 2.56. The van der Waals surface area contributed by atoms with E-state index in [0.717, 1.165) is 6.20 Å². The van der Waals surface area contributed by atoms with Crippen LogP contribution in [0.5, 0.6) is 0 Å². The van der Waals surface area contributed by atoms with Gasteiger partial charge < -0.3 is 0 Å². The molecule has 1 N–H and O–H groups in total. The zero-order chi connectivity index (χ0) is 14.0. The van der Waals surface area contributed by atoms with E-state index in [0.29, 0.717) is 15.8 Å². The summed E-state index contributed by atoms with van der Waals surface area (Å²) in [7, 11) is -2.38. The van der Waals surface area contributed by atoms with Crippen LogP contribution in [-0.2, 0) is 28.6 Å². The molecule has 0 atom stereocenters. The van der Waals surface area contributed by atoms with Gasteiger partial charge in [0.15, 0.2) is 0 Å². The van der Waals surface area contributed by atoms with Gasteiger partial charge in [-0.3, -0.25) is 0 Å². The third kappa shape index (κ3) is 3.27. The van der Waals surface area contributed by atoms with Gasteiger partial charge in [0.1, 0.15) is 0 Å². The minimum Gasteiger partial charge on any atom is -0.214 e.